The average molecular weight is 345 g/mol. The lowest BCUT2D eigenvalue weighted by Gasteiger charge is -2.14. The summed E-state index contributed by atoms with van der Waals surface area (Å²) >= 11 is 0. The smallest absolute Gasteiger partial charge is 0.163 e. The van der Waals surface area contributed by atoms with Gasteiger partial charge in [0, 0.05) is 6.07 Å². The first-order chi connectivity index (χ1) is 11.8. The first kappa shape index (κ1) is 21.0. The highest BCUT2D eigenvalue weighted by Crippen LogP contribution is 2.29. The molecular formula is C21H31NO3. The number of aryl methyl sites for hydroxylation is 1. The minimum atomic E-state index is -0.215. The van der Waals surface area contributed by atoms with Crippen LogP contribution < -0.4 is 4.74 Å². The molecule has 0 aliphatic carbocycles. The maximum Gasteiger partial charge on any atom is 0.163 e. The third kappa shape index (κ3) is 7.17. The fourth-order valence-corrected chi connectivity index (χ4v) is 2.74. The minimum Gasteiger partial charge on any atom is -0.507 e. The van der Waals surface area contributed by atoms with Crippen molar-refractivity contribution in [2.45, 2.75) is 72.6 Å². The predicted molar refractivity (Wildman–Crippen MR) is 100 cm³/mol. The summed E-state index contributed by atoms with van der Waals surface area (Å²) in [6, 6.07) is 5.62. The van der Waals surface area contributed by atoms with Crippen molar-refractivity contribution in [2.75, 3.05) is 6.61 Å². The van der Waals surface area contributed by atoms with Crippen LogP contribution in [0.1, 0.15) is 82.1 Å². The molecule has 0 unspecified atom stereocenters. The van der Waals surface area contributed by atoms with Crippen LogP contribution >= 0.6 is 0 Å². The molecular weight excluding hydrogens is 314 g/mol. The van der Waals surface area contributed by atoms with Crippen LogP contribution in [0.3, 0.4) is 0 Å². The molecule has 1 N–H and O–H groups in total. The summed E-state index contributed by atoms with van der Waals surface area (Å²) in [5.41, 5.74) is 1.08. The molecule has 0 bridgehead atoms. The molecule has 0 aliphatic heterocycles. The van der Waals surface area contributed by atoms with Gasteiger partial charge < -0.3 is 9.84 Å². The van der Waals surface area contributed by atoms with Gasteiger partial charge in [-0.25, -0.2) is 0 Å². The molecule has 0 radical (unpaired) electrons. The van der Waals surface area contributed by atoms with Crippen molar-refractivity contribution in [3.05, 3.63) is 23.3 Å². The van der Waals surface area contributed by atoms with Gasteiger partial charge in [-0.2, -0.15) is 5.26 Å². The van der Waals surface area contributed by atoms with Gasteiger partial charge in [0.25, 0.3) is 0 Å². The molecule has 1 aromatic carbocycles. The fourth-order valence-electron chi connectivity index (χ4n) is 2.74. The zero-order valence-corrected chi connectivity index (χ0v) is 16.0. The number of ketones is 1. The Labute approximate surface area is 151 Å². The summed E-state index contributed by atoms with van der Waals surface area (Å²) < 4.78 is 5.81. The monoisotopic (exact) mass is 345 g/mol. The summed E-state index contributed by atoms with van der Waals surface area (Å²) in [7, 11) is 0. The second-order valence-corrected chi connectivity index (χ2v) is 7.25. The van der Waals surface area contributed by atoms with Crippen LogP contribution in [0.4, 0.5) is 0 Å². The van der Waals surface area contributed by atoms with E-state index in [9.17, 15) is 9.90 Å². The largest absolute Gasteiger partial charge is 0.507 e. The first-order valence-corrected chi connectivity index (χ1v) is 9.21. The normalized spacial score (nSPS) is 11.2. The second kappa shape index (κ2) is 10.1. The number of phenolic OH excluding ortho intramolecular Hbond substituents is 1. The number of ether oxygens (including phenoxy) is 1. The van der Waals surface area contributed by atoms with Gasteiger partial charge in [0.2, 0.25) is 0 Å². The number of hydrogen-bond donors (Lipinski definition) is 1. The van der Waals surface area contributed by atoms with Crippen molar-refractivity contribution in [1.82, 2.24) is 0 Å². The molecule has 0 aromatic heterocycles. The van der Waals surface area contributed by atoms with E-state index in [1.54, 1.807) is 12.1 Å². The maximum absolute atomic E-state index is 11.5. The summed E-state index contributed by atoms with van der Waals surface area (Å²) in [4.78, 5) is 11.5. The fraction of sp³-hybridized carbons (Fsp3) is 0.619. The Morgan fingerprint density at radius 2 is 1.84 bits per heavy atom. The van der Waals surface area contributed by atoms with E-state index in [4.69, 9.17) is 10.00 Å². The first-order valence-electron chi connectivity index (χ1n) is 9.21. The quantitative estimate of drug-likeness (QED) is 0.429. The van der Waals surface area contributed by atoms with Crippen molar-refractivity contribution >= 4 is 5.78 Å². The molecule has 1 rings (SSSR count). The predicted octanol–water partition coefficient (Wildman–Crippen LogP) is 5.43. The SMILES string of the molecule is CCc1cc(C(C)=O)c(O)cc1OCCCCCCCC(C)(C)C#N. The van der Waals surface area contributed by atoms with Crippen molar-refractivity contribution < 1.29 is 14.6 Å². The van der Waals surface area contributed by atoms with Crippen molar-refractivity contribution in [3.63, 3.8) is 0 Å². The molecule has 0 atom stereocenters. The zero-order valence-electron chi connectivity index (χ0n) is 16.0. The number of unbranched alkanes of at least 4 members (excludes halogenated alkanes) is 4. The molecule has 0 saturated carbocycles. The van der Waals surface area contributed by atoms with Crippen LogP contribution in [0.2, 0.25) is 0 Å². The Hall–Kier alpha value is -2.02. The molecule has 0 fully saturated rings. The summed E-state index contributed by atoms with van der Waals surface area (Å²) in [6.07, 6.45) is 7.11. The van der Waals surface area contributed by atoms with Gasteiger partial charge >= 0.3 is 0 Å². The van der Waals surface area contributed by atoms with E-state index < -0.39 is 0 Å². The molecule has 4 nitrogen and oxygen atoms in total. The number of nitrogens with zero attached hydrogens (tertiary/aromatic N) is 1. The highest BCUT2D eigenvalue weighted by molar-refractivity contribution is 5.97. The highest BCUT2D eigenvalue weighted by atomic mass is 16.5. The Balaban J connectivity index is 2.34. The maximum atomic E-state index is 11.5. The molecule has 0 heterocycles. The van der Waals surface area contributed by atoms with E-state index >= 15 is 0 Å². The van der Waals surface area contributed by atoms with Gasteiger partial charge in [-0.3, -0.25) is 4.79 Å². The van der Waals surface area contributed by atoms with Crippen molar-refractivity contribution in [2.24, 2.45) is 5.41 Å². The molecule has 4 heteroatoms. The van der Waals surface area contributed by atoms with Gasteiger partial charge in [-0.05, 0) is 51.7 Å². The zero-order chi connectivity index (χ0) is 18.9. The molecule has 0 amide bonds. The van der Waals surface area contributed by atoms with Crippen LogP contribution in [0.15, 0.2) is 12.1 Å². The third-order valence-corrected chi connectivity index (χ3v) is 4.45. The number of hydrogen-bond acceptors (Lipinski definition) is 4. The number of carbonyl (C=O) groups is 1. The Morgan fingerprint density at radius 3 is 2.44 bits per heavy atom. The van der Waals surface area contributed by atoms with Crippen LogP contribution in [0, 0.1) is 16.7 Å². The molecule has 0 saturated heterocycles. The number of phenols is 1. The van der Waals surface area contributed by atoms with Gasteiger partial charge in [-0.1, -0.05) is 32.6 Å². The second-order valence-electron chi connectivity index (χ2n) is 7.25. The highest BCUT2D eigenvalue weighted by Gasteiger charge is 2.15. The lowest BCUT2D eigenvalue weighted by atomic mass is 9.88. The lowest BCUT2D eigenvalue weighted by Crippen LogP contribution is -2.07. The van der Waals surface area contributed by atoms with Crippen LogP contribution in [-0.4, -0.2) is 17.5 Å². The Kier molecular flexibility index (Phi) is 8.48. The van der Waals surface area contributed by atoms with Gasteiger partial charge in [0.05, 0.1) is 23.7 Å². The summed E-state index contributed by atoms with van der Waals surface area (Å²) in [6.45, 7) is 8.03. The van der Waals surface area contributed by atoms with E-state index in [0.717, 1.165) is 50.5 Å². The van der Waals surface area contributed by atoms with Crippen LogP contribution in [0.25, 0.3) is 0 Å². The molecule has 138 valence electrons. The number of rotatable bonds is 11. The van der Waals surface area contributed by atoms with Crippen molar-refractivity contribution in [1.29, 1.82) is 5.26 Å². The number of aromatic hydroxyl groups is 1. The number of benzene rings is 1. The third-order valence-electron chi connectivity index (χ3n) is 4.45. The van der Waals surface area contributed by atoms with E-state index in [0.29, 0.717) is 17.9 Å². The lowest BCUT2D eigenvalue weighted by molar-refractivity contribution is 0.101. The van der Waals surface area contributed by atoms with Gasteiger partial charge in [-0.15, -0.1) is 0 Å². The summed E-state index contributed by atoms with van der Waals surface area (Å²) in [5, 5.41) is 18.9. The molecule has 25 heavy (non-hydrogen) atoms. The minimum absolute atomic E-state index is 0.0141. The molecule has 1 aromatic rings. The van der Waals surface area contributed by atoms with Crippen LogP contribution in [-0.2, 0) is 6.42 Å². The number of Topliss-reactive ketones (excluding diaryl/α,β-unsaturated/α-hetero) is 1. The Bertz CT molecular complexity index is 614. The van der Waals surface area contributed by atoms with E-state index in [-0.39, 0.29) is 16.9 Å². The van der Waals surface area contributed by atoms with Gasteiger partial charge in [0.1, 0.15) is 11.5 Å². The number of nitriles is 1. The Morgan fingerprint density at radius 1 is 1.20 bits per heavy atom. The topological polar surface area (TPSA) is 70.3 Å². The molecule has 0 spiro atoms. The van der Waals surface area contributed by atoms with E-state index in [2.05, 4.69) is 6.07 Å². The van der Waals surface area contributed by atoms with Crippen molar-refractivity contribution in [3.8, 4) is 17.6 Å². The van der Waals surface area contributed by atoms with E-state index in [1.165, 1.54) is 6.92 Å². The number of carbonyl (C=O) groups excluding carboxylic acids is 1. The van der Waals surface area contributed by atoms with Gasteiger partial charge in [0.15, 0.2) is 5.78 Å². The summed E-state index contributed by atoms with van der Waals surface area (Å²) in [5.74, 6) is 0.513. The molecule has 0 aliphatic rings. The van der Waals surface area contributed by atoms with E-state index in [1.807, 2.05) is 20.8 Å². The standard InChI is InChI=1S/C21H31NO3/c1-5-17-13-18(16(2)23)19(24)14-20(17)25-12-10-8-6-7-9-11-21(3,4)15-22/h13-14,24H,5-12H2,1-4H3. The van der Waals surface area contributed by atoms with Crippen LogP contribution in [0.5, 0.6) is 11.5 Å². The average Bonchev–Trinajstić information content (AvgIpc) is 2.57.